The molecule has 5 heteroatoms. The van der Waals surface area contributed by atoms with Crippen LogP contribution in [-0.4, -0.2) is 23.7 Å². The van der Waals surface area contributed by atoms with E-state index in [1.165, 1.54) is 6.07 Å². The van der Waals surface area contributed by atoms with Crippen molar-refractivity contribution in [3.63, 3.8) is 0 Å². The quantitative estimate of drug-likeness (QED) is 0.816. The first-order valence-electron chi connectivity index (χ1n) is 6.06. The number of rotatable bonds is 4. The third kappa shape index (κ3) is 3.20. The van der Waals surface area contributed by atoms with E-state index in [2.05, 4.69) is 9.97 Å². The number of benzene rings is 1. The number of ether oxygens (including phenoxy) is 1. The lowest BCUT2D eigenvalue weighted by molar-refractivity contribution is 0.200. The van der Waals surface area contributed by atoms with Crippen molar-refractivity contribution in [1.82, 2.24) is 9.97 Å². The molecule has 0 radical (unpaired) electrons. The number of nitrogens with zero attached hydrogens (tertiary/aromatic N) is 1. The van der Waals surface area contributed by atoms with Crippen LogP contribution in [-0.2, 0) is 11.2 Å². The number of methoxy groups -OCH3 is 1. The maximum atomic E-state index is 11.6. The number of hydrogen-bond acceptors (Lipinski definition) is 4. The Bertz CT molecular complexity index is 635. The van der Waals surface area contributed by atoms with Gasteiger partial charge in [0.05, 0.1) is 12.3 Å². The molecule has 0 aliphatic carbocycles. The molecule has 2 aromatic rings. The van der Waals surface area contributed by atoms with Gasteiger partial charge in [-0.2, -0.15) is 0 Å². The van der Waals surface area contributed by atoms with Gasteiger partial charge in [-0.25, -0.2) is 4.98 Å². The maximum absolute atomic E-state index is 11.6. The number of nitrogen functional groups attached to an aromatic ring is 1. The highest BCUT2D eigenvalue weighted by Crippen LogP contribution is 2.21. The summed E-state index contributed by atoms with van der Waals surface area (Å²) in [6.07, 6.45) is 0.570. The van der Waals surface area contributed by atoms with Gasteiger partial charge in [-0.15, -0.1) is 0 Å². The third-order valence-corrected chi connectivity index (χ3v) is 2.91. The lowest BCUT2D eigenvalue weighted by Crippen LogP contribution is -2.12. The van der Waals surface area contributed by atoms with Crippen LogP contribution in [0.2, 0.25) is 0 Å². The van der Waals surface area contributed by atoms with Gasteiger partial charge < -0.3 is 15.5 Å². The Kier molecular flexibility index (Phi) is 3.97. The standard InChI is InChI=1S/C14H17N3O2/c1-9-3-4-10(7-11(9)15)12-8-14(18)17-13(16-12)5-6-19-2/h3-4,7-8H,5-6,15H2,1-2H3,(H,16,17,18). The number of anilines is 1. The molecule has 1 aromatic heterocycles. The minimum absolute atomic E-state index is 0.171. The van der Waals surface area contributed by atoms with E-state index in [0.29, 0.717) is 30.2 Å². The molecule has 0 aliphatic rings. The molecule has 0 saturated carbocycles. The van der Waals surface area contributed by atoms with Gasteiger partial charge in [0, 0.05) is 30.8 Å². The number of aryl methyl sites for hydroxylation is 1. The summed E-state index contributed by atoms with van der Waals surface area (Å²) in [7, 11) is 1.61. The topological polar surface area (TPSA) is 81.0 Å². The fraction of sp³-hybridized carbons (Fsp3) is 0.286. The predicted octanol–water partition coefficient (Wildman–Crippen LogP) is 1.52. The first-order chi connectivity index (χ1) is 9.10. The summed E-state index contributed by atoms with van der Waals surface area (Å²) in [5.41, 5.74) is 8.88. The highest BCUT2D eigenvalue weighted by Gasteiger charge is 2.05. The summed E-state index contributed by atoms with van der Waals surface area (Å²) >= 11 is 0. The summed E-state index contributed by atoms with van der Waals surface area (Å²) < 4.78 is 4.98. The molecule has 0 fully saturated rings. The molecule has 0 atom stereocenters. The molecule has 1 heterocycles. The second-order valence-corrected chi connectivity index (χ2v) is 4.39. The highest BCUT2D eigenvalue weighted by molar-refractivity contribution is 5.65. The molecule has 0 amide bonds. The normalized spacial score (nSPS) is 10.6. The Balaban J connectivity index is 2.40. The molecule has 3 N–H and O–H groups in total. The molecule has 0 unspecified atom stereocenters. The lowest BCUT2D eigenvalue weighted by atomic mass is 10.1. The van der Waals surface area contributed by atoms with Crippen LogP contribution in [0.25, 0.3) is 11.3 Å². The Morgan fingerprint density at radius 2 is 2.16 bits per heavy atom. The van der Waals surface area contributed by atoms with Crippen LogP contribution in [0.1, 0.15) is 11.4 Å². The molecular weight excluding hydrogens is 242 g/mol. The van der Waals surface area contributed by atoms with Gasteiger partial charge in [0.2, 0.25) is 0 Å². The SMILES string of the molecule is COCCc1nc(-c2ccc(C)c(N)c2)cc(=O)[nH]1. The number of hydrogen-bond donors (Lipinski definition) is 2. The fourth-order valence-corrected chi connectivity index (χ4v) is 1.77. The van der Waals surface area contributed by atoms with Crippen molar-refractivity contribution in [1.29, 1.82) is 0 Å². The van der Waals surface area contributed by atoms with Gasteiger partial charge in [-0.1, -0.05) is 12.1 Å². The number of nitrogens with one attached hydrogen (secondary N) is 1. The second kappa shape index (κ2) is 5.67. The van der Waals surface area contributed by atoms with E-state index in [1.54, 1.807) is 7.11 Å². The molecule has 0 saturated heterocycles. The molecule has 1 aromatic carbocycles. The number of H-pyrrole nitrogens is 1. The van der Waals surface area contributed by atoms with E-state index in [-0.39, 0.29) is 5.56 Å². The highest BCUT2D eigenvalue weighted by atomic mass is 16.5. The summed E-state index contributed by atoms with van der Waals surface area (Å²) in [4.78, 5) is 18.8. The van der Waals surface area contributed by atoms with Gasteiger partial charge in [0.15, 0.2) is 0 Å². The molecule has 5 nitrogen and oxygen atoms in total. The van der Waals surface area contributed by atoms with Crippen LogP contribution < -0.4 is 11.3 Å². The van der Waals surface area contributed by atoms with Crippen molar-refractivity contribution in [3.05, 3.63) is 46.0 Å². The van der Waals surface area contributed by atoms with Crippen molar-refractivity contribution in [2.24, 2.45) is 0 Å². The fourth-order valence-electron chi connectivity index (χ4n) is 1.77. The summed E-state index contributed by atoms with van der Waals surface area (Å²) in [6.45, 7) is 2.46. The zero-order chi connectivity index (χ0) is 13.8. The first kappa shape index (κ1) is 13.3. The van der Waals surface area contributed by atoms with Crippen molar-refractivity contribution in [2.75, 3.05) is 19.5 Å². The number of aromatic nitrogens is 2. The van der Waals surface area contributed by atoms with Gasteiger partial charge in [-0.3, -0.25) is 4.79 Å². The minimum Gasteiger partial charge on any atom is -0.398 e. The Morgan fingerprint density at radius 3 is 2.84 bits per heavy atom. The monoisotopic (exact) mass is 259 g/mol. The molecule has 0 bridgehead atoms. The van der Waals surface area contributed by atoms with E-state index >= 15 is 0 Å². The number of aromatic amines is 1. The van der Waals surface area contributed by atoms with E-state index < -0.39 is 0 Å². The smallest absolute Gasteiger partial charge is 0.251 e. The second-order valence-electron chi connectivity index (χ2n) is 4.39. The summed E-state index contributed by atoms with van der Waals surface area (Å²) in [5.74, 6) is 0.614. The molecule has 0 aliphatic heterocycles. The molecule has 2 rings (SSSR count). The van der Waals surface area contributed by atoms with Crippen LogP contribution in [0, 0.1) is 6.92 Å². The van der Waals surface area contributed by atoms with Crippen LogP contribution in [0.4, 0.5) is 5.69 Å². The average Bonchev–Trinajstić information content (AvgIpc) is 2.39. The Morgan fingerprint density at radius 1 is 1.37 bits per heavy atom. The summed E-state index contributed by atoms with van der Waals surface area (Å²) in [5, 5.41) is 0. The van der Waals surface area contributed by atoms with Crippen LogP contribution >= 0.6 is 0 Å². The third-order valence-electron chi connectivity index (χ3n) is 2.91. The zero-order valence-corrected chi connectivity index (χ0v) is 11.1. The van der Waals surface area contributed by atoms with Crippen LogP contribution in [0.15, 0.2) is 29.1 Å². The largest absolute Gasteiger partial charge is 0.398 e. The zero-order valence-electron chi connectivity index (χ0n) is 11.1. The van der Waals surface area contributed by atoms with E-state index in [9.17, 15) is 4.79 Å². The van der Waals surface area contributed by atoms with E-state index in [0.717, 1.165) is 11.1 Å². The average molecular weight is 259 g/mol. The molecule has 0 spiro atoms. The Hall–Kier alpha value is -2.14. The molecule has 19 heavy (non-hydrogen) atoms. The van der Waals surface area contributed by atoms with E-state index in [4.69, 9.17) is 10.5 Å². The van der Waals surface area contributed by atoms with Gasteiger partial charge in [-0.05, 0) is 18.6 Å². The minimum atomic E-state index is -0.171. The lowest BCUT2D eigenvalue weighted by Gasteiger charge is -2.06. The predicted molar refractivity (Wildman–Crippen MR) is 75.0 cm³/mol. The van der Waals surface area contributed by atoms with Crippen molar-refractivity contribution >= 4 is 5.69 Å². The molecule has 100 valence electrons. The van der Waals surface area contributed by atoms with Crippen LogP contribution in [0.3, 0.4) is 0 Å². The van der Waals surface area contributed by atoms with E-state index in [1.807, 2.05) is 25.1 Å². The number of nitrogens with two attached hydrogens (primary N) is 1. The first-order valence-corrected chi connectivity index (χ1v) is 6.06. The molecular formula is C14H17N3O2. The van der Waals surface area contributed by atoms with Crippen molar-refractivity contribution in [2.45, 2.75) is 13.3 Å². The van der Waals surface area contributed by atoms with Gasteiger partial charge in [0.1, 0.15) is 5.82 Å². The summed E-state index contributed by atoms with van der Waals surface area (Å²) in [6, 6.07) is 7.13. The van der Waals surface area contributed by atoms with Crippen molar-refractivity contribution in [3.8, 4) is 11.3 Å². The van der Waals surface area contributed by atoms with Gasteiger partial charge >= 0.3 is 0 Å². The van der Waals surface area contributed by atoms with Crippen LogP contribution in [0.5, 0.6) is 0 Å². The Labute approximate surface area is 111 Å². The van der Waals surface area contributed by atoms with Gasteiger partial charge in [0.25, 0.3) is 5.56 Å². The maximum Gasteiger partial charge on any atom is 0.251 e. The van der Waals surface area contributed by atoms with Crippen molar-refractivity contribution < 1.29 is 4.74 Å².